The van der Waals surface area contributed by atoms with E-state index in [1.54, 1.807) is 6.07 Å². The van der Waals surface area contributed by atoms with Gasteiger partial charge in [0.25, 0.3) is 0 Å². The largest absolute Gasteiger partial charge is 0.395 e. The van der Waals surface area contributed by atoms with Crippen LogP contribution in [0.4, 0.5) is 11.6 Å². The molecule has 1 atom stereocenters. The van der Waals surface area contributed by atoms with E-state index in [9.17, 15) is 14.7 Å². The summed E-state index contributed by atoms with van der Waals surface area (Å²) in [6.45, 7) is 6.41. The third kappa shape index (κ3) is 6.68. The lowest BCUT2D eigenvalue weighted by molar-refractivity contribution is 0.288. The van der Waals surface area contributed by atoms with Gasteiger partial charge in [-0.15, -0.1) is 0 Å². The molecule has 0 amide bonds. The van der Waals surface area contributed by atoms with E-state index in [-0.39, 0.29) is 29.6 Å². The summed E-state index contributed by atoms with van der Waals surface area (Å²) in [6, 6.07) is 13.4. The number of hydrogen-bond donors (Lipinski definition) is 2. The van der Waals surface area contributed by atoms with E-state index in [0.29, 0.717) is 16.6 Å². The number of nitrogens with zero attached hydrogens (tertiary/aromatic N) is 3. The predicted octanol–water partition coefficient (Wildman–Crippen LogP) is 4.15. The second kappa shape index (κ2) is 11.3. The number of aryl methyl sites for hydroxylation is 1. The molecule has 0 unspecified atom stereocenters. The Morgan fingerprint density at radius 1 is 1.12 bits per heavy atom. The summed E-state index contributed by atoms with van der Waals surface area (Å²) in [6.07, 6.45) is 0.855. The fourth-order valence-electron chi connectivity index (χ4n) is 3.41. The molecule has 0 bridgehead atoms. The number of hydrogen-bond acceptors (Lipinski definition) is 5. The highest BCUT2D eigenvalue weighted by Crippen LogP contribution is 2.25. The van der Waals surface area contributed by atoms with Gasteiger partial charge in [-0.25, -0.2) is 14.2 Å². The summed E-state index contributed by atoms with van der Waals surface area (Å²) in [7, 11) is 0. The molecular weight excluding hydrogens is 555 g/mol. The molecule has 3 rings (SSSR count). The molecule has 9 heteroatoms. The molecule has 0 saturated carbocycles. The Hall–Kier alpha value is -2.17. The van der Waals surface area contributed by atoms with Crippen molar-refractivity contribution in [2.75, 3.05) is 11.9 Å². The van der Waals surface area contributed by atoms with E-state index in [1.165, 1.54) is 4.57 Å². The Balaban J connectivity index is 2.04. The van der Waals surface area contributed by atoms with E-state index in [2.05, 4.69) is 24.1 Å². The summed E-state index contributed by atoms with van der Waals surface area (Å²) in [5.41, 5.74) is 2.53. The van der Waals surface area contributed by atoms with Crippen molar-refractivity contribution in [3.63, 3.8) is 0 Å². The molecule has 1 aromatic heterocycles. The van der Waals surface area contributed by atoms with Crippen LogP contribution in [-0.4, -0.2) is 29.8 Å². The fraction of sp³-hybridized carbons (Fsp3) is 0.375. The maximum Gasteiger partial charge on any atom is 0.354 e. The number of aromatic nitrogens is 3. The van der Waals surface area contributed by atoms with Crippen LogP contribution in [0, 0.1) is 12.8 Å². The first kappa shape index (κ1) is 25.5. The highest BCUT2D eigenvalue weighted by atomic mass is 127. The molecule has 0 spiro atoms. The second-order valence-corrected chi connectivity index (χ2v) is 10.7. The fourth-order valence-corrected chi connectivity index (χ4v) is 4.07. The van der Waals surface area contributed by atoms with Crippen molar-refractivity contribution in [3.05, 3.63) is 85.1 Å². The molecule has 0 saturated heterocycles. The van der Waals surface area contributed by atoms with Gasteiger partial charge in [0.15, 0.2) is 0 Å². The molecule has 2 aromatic carbocycles. The third-order valence-electron chi connectivity index (χ3n) is 5.13. The van der Waals surface area contributed by atoms with Crippen LogP contribution in [0.5, 0.6) is 0 Å². The first-order valence-electron chi connectivity index (χ1n) is 10.8. The number of rotatable bonds is 9. The van der Waals surface area contributed by atoms with Crippen LogP contribution < -0.4 is 16.7 Å². The first-order chi connectivity index (χ1) is 15.7. The molecule has 3 aromatic rings. The van der Waals surface area contributed by atoms with Crippen molar-refractivity contribution in [1.82, 2.24) is 14.1 Å². The predicted molar refractivity (Wildman–Crippen MR) is 141 cm³/mol. The van der Waals surface area contributed by atoms with Gasteiger partial charge in [0.2, 0.25) is 5.95 Å². The molecule has 0 radical (unpaired) electrons. The van der Waals surface area contributed by atoms with Gasteiger partial charge in [-0.05, 0) is 42.5 Å². The van der Waals surface area contributed by atoms with Crippen LogP contribution in [0.25, 0.3) is 0 Å². The number of benzene rings is 2. The molecule has 0 aliphatic rings. The highest BCUT2D eigenvalue weighted by molar-refractivity contribution is 14.1. The Bertz CT molecular complexity index is 1220. The van der Waals surface area contributed by atoms with E-state index in [0.717, 1.165) is 27.7 Å². The second-order valence-electron chi connectivity index (χ2n) is 8.49. The number of nitrogens with one attached hydrogen (secondary N) is 1. The van der Waals surface area contributed by atoms with Gasteiger partial charge in [-0.3, -0.25) is 4.57 Å². The lowest BCUT2D eigenvalue weighted by atomic mass is 10.0. The van der Waals surface area contributed by atoms with E-state index >= 15 is 0 Å². The summed E-state index contributed by atoms with van der Waals surface area (Å²) < 4.78 is 2.21. The lowest BCUT2D eigenvalue weighted by Gasteiger charge is -2.17. The summed E-state index contributed by atoms with van der Waals surface area (Å²) in [5.74, 6) is 0.611. The van der Waals surface area contributed by atoms with Crippen LogP contribution in [0.2, 0.25) is 5.02 Å². The summed E-state index contributed by atoms with van der Waals surface area (Å²) >= 11 is 8.47. The van der Waals surface area contributed by atoms with Gasteiger partial charge in [0.05, 0.1) is 17.1 Å². The van der Waals surface area contributed by atoms with Gasteiger partial charge in [0.1, 0.15) is 0 Å². The number of aliphatic hydroxyl groups is 1. The van der Waals surface area contributed by atoms with Gasteiger partial charge in [-0.2, -0.15) is 4.98 Å². The zero-order chi connectivity index (χ0) is 24.1. The van der Waals surface area contributed by atoms with Gasteiger partial charge >= 0.3 is 11.4 Å². The van der Waals surface area contributed by atoms with Crippen molar-refractivity contribution < 1.29 is 5.11 Å². The van der Waals surface area contributed by atoms with Crippen molar-refractivity contribution in [1.29, 1.82) is 0 Å². The van der Waals surface area contributed by atoms with Crippen molar-refractivity contribution in [2.24, 2.45) is 5.92 Å². The van der Waals surface area contributed by atoms with Crippen LogP contribution >= 0.6 is 34.2 Å². The molecule has 33 heavy (non-hydrogen) atoms. The molecule has 1 heterocycles. The molecule has 0 aliphatic carbocycles. The SMILES string of the molecule is Cc1ccc(Cn2c(Nc3ccc(CC(C)C)c(Cl)c3)nc(=O)n(C[C@H](I)CO)c2=O)cc1. The molecule has 176 valence electrons. The van der Waals surface area contributed by atoms with E-state index < -0.39 is 11.4 Å². The topological polar surface area (TPSA) is 89.2 Å². The first-order valence-corrected chi connectivity index (χ1v) is 12.4. The van der Waals surface area contributed by atoms with Gasteiger partial charge < -0.3 is 10.4 Å². The minimum Gasteiger partial charge on any atom is -0.395 e. The highest BCUT2D eigenvalue weighted by Gasteiger charge is 2.17. The number of aliphatic hydroxyl groups excluding tert-OH is 1. The summed E-state index contributed by atoms with van der Waals surface area (Å²) in [5, 5.41) is 13.1. The smallest absolute Gasteiger partial charge is 0.354 e. The molecule has 7 nitrogen and oxygen atoms in total. The minimum atomic E-state index is -0.666. The summed E-state index contributed by atoms with van der Waals surface area (Å²) in [4.78, 5) is 30.1. The quantitative estimate of drug-likeness (QED) is 0.292. The van der Waals surface area contributed by atoms with Crippen LogP contribution in [0.15, 0.2) is 52.1 Å². The molecule has 0 fully saturated rings. The normalized spacial score (nSPS) is 12.2. The molecule has 2 N–H and O–H groups in total. The zero-order valence-electron chi connectivity index (χ0n) is 18.9. The van der Waals surface area contributed by atoms with E-state index in [4.69, 9.17) is 11.6 Å². The molecule has 0 aliphatic heterocycles. The number of alkyl halides is 1. The maximum absolute atomic E-state index is 13.3. The van der Waals surface area contributed by atoms with Crippen LogP contribution in [0.3, 0.4) is 0 Å². The van der Waals surface area contributed by atoms with Crippen molar-refractivity contribution in [2.45, 2.75) is 44.2 Å². The minimum absolute atomic E-state index is 0.0750. The number of anilines is 2. The Morgan fingerprint density at radius 2 is 1.82 bits per heavy atom. The standard InChI is InChI=1S/C24H28ClIN4O3/c1-15(2)10-18-8-9-20(11-21(18)25)27-22-28-23(32)30(13-19(26)14-31)24(33)29(22)12-17-6-4-16(3)5-7-17/h4-9,11,15,19,31H,10,12-14H2,1-3H3,(H,27,28,32)/t19-/m0/s1. The zero-order valence-corrected chi connectivity index (χ0v) is 21.8. The average molecular weight is 583 g/mol. The van der Waals surface area contributed by atoms with Crippen LogP contribution in [0.1, 0.15) is 30.5 Å². The lowest BCUT2D eigenvalue weighted by Crippen LogP contribution is -2.44. The Labute approximate surface area is 211 Å². The van der Waals surface area contributed by atoms with Gasteiger partial charge in [-0.1, -0.05) is 83.9 Å². The Kier molecular flexibility index (Phi) is 8.72. The van der Waals surface area contributed by atoms with Crippen molar-refractivity contribution in [3.8, 4) is 0 Å². The average Bonchev–Trinajstić information content (AvgIpc) is 2.76. The number of halogens is 2. The monoisotopic (exact) mass is 582 g/mol. The third-order valence-corrected chi connectivity index (χ3v) is 6.27. The van der Waals surface area contributed by atoms with Crippen LogP contribution in [-0.2, 0) is 19.5 Å². The maximum atomic E-state index is 13.3. The van der Waals surface area contributed by atoms with Gasteiger partial charge in [0, 0.05) is 17.3 Å². The van der Waals surface area contributed by atoms with Crippen molar-refractivity contribution >= 4 is 45.8 Å². The Morgan fingerprint density at radius 3 is 2.42 bits per heavy atom. The van der Waals surface area contributed by atoms with E-state index in [1.807, 2.05) is 65.9 Å². The molecular formula is C24H28ClIN4O3.